The van der Waals surface area contributed by atoms with E-state index >= 15 is 0 Å². The lowest BCUT2D eigenvalue weighted by molar-refractivity contribution is -0.0847. The lowest BCUT2D eigenvalue weighted by Crippen LogP contribution is -2.37. The van der Waals surface area contributed by atoms with Crippen molar-refractivity contribution in [1.29, 1.82) is 0 Å². The number of halogens is 1. The van der Waals surface area contributed by atoms with E-state index in [0.29, 0.717) is 0 Å². The third-order valence-electron chi connectivity index (χ3n) is 3.84. The minimum absolute atomic E-state index is 0.0260. The zero-order chi connectivity index (χ0) is 15.8. The normalized spacial score (nSPS) is 24.8. The van der Waals surface area contributed by atoms with Crippen LogP contribution in [0.15, 0.2) is 22.7 Å². The molecule has 1 aliphatic heterocycles. The number of hydrogen-bond donors (Lipinski definition) is 1. The summed E-state index contributed by atoms with van der Waals surface area (Å²) in [5.74, 6) is 0.897. The van der Waals surface area contributed by atoms with E-state index in [9.17, 15) is 0 Å². The Kier molecular flexibility index (Phi) is 4.72. The van der Waals surface area contributed by atoms with E-state index in [1.54, 1.807) is 0 Å². The molecule has 4 heteroatoms. The molecule has 118 valence electrons. The van der Waals surface area contributed by atoms with Gasteiger partial charge in [0.15, 0.2) is 0 Å². The van der Waals surface area contributed by atoms with Gasteiger partial charge in [0, 0.05) is 12.5 Å². The van der Waals surface area contributed by atoms with Gasteiger partial charge in [-0.05, 0) is 68.6 Å². The molecule has 2 N–H and O–H groups in total. The Labute approximate surface area is 136 Å². The smallest absolute Gasteiger partial charge is 0.137 e. The average molecular weight is 356 g/mol. The van der Waals surface area contributed by atoms with Crippen molar-refractivity contribution in [3.8, 4) is 5.75 Å². The summed E-state index contributed by atoms with van der Waals surface area (Å²) in [4.78, 5) is 0. The van der Waals surface area contributed by atoms with Crippen LogP contribution in [0, 0.1) is 0 Å². The summed E-state index contributed by atoms with van der Waals surface area (Å²) in [6.07, 6.45) is 1.70. The van der Waals surface area contributed by atoms with Gasteiger partial charge in [0.05, 0.1) is 10.1 Å². The first-order chi connectivity index (χ1) is 9.61. The summed E-state index contributed by atoms with van der Waals surface area (Å²) in [5.41, 5.74) is 6.63. The maximum atomic E-state index is 6.36. The first-order valence-corrected chi connectivity index (χ1v) is 8.30. The quantitative estimate of drug-likeness (QED) is 0.885. The highest BCUT2D eigenvalue weighted by atomic mass is 79.9. The lowest BCUT2D eigenvalue weighted by atomic mass is 9.97. The monoisotopic (exact) mass is 355 g/mol. The summed E-state index contributed by atoms with van der Waals surface area (Å²) in [5, 5.41) is 0. The van der Waals surface area contributed by atoms with Crippen molar-refractivity contribution in [2.75, 3.05) is 0 Å². The molecule has 21 heavy (non-hydrogen) atoms. The van der Waals surface area contributed by atoms with Gasteiger partial charge in [-0.3, -0.25) is 0 Å². The first kappa shape index (κ1) is 16.8. The number of hydrogen-bond acceptors (Lipinski definition) is 3. The highest BCUT2D eigenvalue weighted by Crippen LogP contribution is 2.41. The molecule has 0 aliphatic carbocycles. The molecule has 0 radical (unpaired) electrons. The molecular formula is C17H26BrNO2. The zero-order valence-electron chi connectivity index (χ0n) is 13.6. The number of nitrogens with two attached hydrogens (primary N) is 1. The molecule has 1 heterocycles. The predicted octanol–water partition coefficient (Wildman–Crippen LogP) is 4.06. The van der Waals surface area contributed by atoms with Gasteiger partial charge in [-0.1, -0.05) is 12.1 Å². The van der Waals surface area contributed by atoms with Crippen LogP contribution >= 0.6 is 15.9 Å². The minimum Gasteiger partial charge on any atom is -0.486 e. The van der Waals surface area contributed by atoms with Crippen molar-refractivity contribution in [2.45, 2.75) is 70.8 Å². The maximum Gasteiger partial charge on any atom is 0.137 e. The molecule has 0 spiro atoms. The van der Waals surface area contributed by atoms with Crippen molar-refractivity contribution in [2.24, 2.45) is 5.73 Å². The van der Waals surface area contributed by atoms with E-state index in [1.807, 2.05) is 19.1 Å². The molecular weight excluding hydrogens is 330 g/mol. The standard InChI is InChI=1S/C17H26BrNO2/c1-11(19)9-12-7-6-8-13(18)15(12)20-14-10-16(2,3)21-17(14,4)5/h6-8,11,14H,9-10,19H2,1-5H3. The SMILES string of the molecule is CC(N)Cc1cccc(Br)c1OC1CC(C)(C)OC1(C)C. The summed E-state index contributed by atoms with van der Waals surface area (Å²) in [6, 6.07) is 6.21. The lowest BCUT2D eigenvalue weighted by Gasteiger charge is -2.28. The van der Waals surface area contributed by atoms with Crippen LogP contribution in [-0.2, 0) is 11.2 Å². The van der Waals surface area contributed by atoms with Crippen molar-refractivity contribution >= 4 is 15.9 Å². The average Bonchev–Trinajstić information content (AvgIpc) is 2.50. The molecule has 1 aromatic rings. The molecule has 1 aromatic carbocycles. The van der Waals surface area contributed by atoms with E-state index < -0.39 is 0 Å². The van der Waals surface area contributed by atoms with Gasteiger partial charge in [0.25, 0.3) is 0 Å². The second-order valence-electron chi connectivity index (χ2n) is 7.19. The molecule has 0 amide bonds. The van der Waals surface area contributed by atoms with E-state index in [2.05, 4.69) is 49.7 Å². The van der Waals surface area contributed by atoms with Gasteiger partial charge < -0.3 is 15.2 Å². The van der Waals surface area contributed by atoms with Crippen LogP contribution in [0.3, 0.4) is 0 Å². The number of ether oxygens (including phenoxy) is 2. The minimum atomic E-state index is -0.301. The van der Waals surface area contributed by atoms with Crippen LogP contribution in [-0.4, -0.2) is 23.3 Å². The van der Waals surface area contributed by atoms with E-state index in [4.69, 9.17) is 15.2 Å². The molecule has 0 bridgehead atoms. The number of benzene rings is 1. The second-order valence-corrected chi connectivity index (χ2v) is 8.04. The van der Waals surface area contributed by atoms with Crippen LogP contribution in [0.5, 0.6) is 5.75 Å². The fourth-order valence-electron chi connectivity index (χ4n) is 3.03. The van der Waals surface area contributed by atoms with Gasteiger partial charge in [-0.2, -0.15) is 0 Å². The van der Waals surface area contributed by atoms with Crippen LogP contribution in [0.4, 0.5) is 0 Å². The highest BCUT2D eigenvalue weighted by Gasteiger charge is 2.47. The number of para-hydroxylation sites is 1. The van der Waals surface area contributed by atoms with Crippen molar-refractivity contribution in [3.05, 3.63) is 28.2 Å². The van der Waals surface area contributed by atoms with Crippen LogP contribution in [0.25, 0.3) is 0 Å². The topological polar surface area (TPSA) is 44.5 Å². The molecule has 2 atom stereocenters. The fourth-order valence-corrected chi connectivity index (χ4v) is 3.53. The zero-order valence-corrected chi connectivity index (χ0v) is 15.2. The summed E-state index contributed by atoms with van der Waals surface area (Å²) in [6.45, 7) is 10.4. The van der Waals surface area contributed by atoms with E-state index in [-0.39, 0.29) is 23.3 Å². The Morgan fingerprint density at radius 2 is 2.05 bits per heavy atom. The first-order valence-electron chi connectivity index (χ1n) is 7.50. The Bertz CT molecular complexity index is 512. The molecule has 1 fully saturated rings. The third-order valence-corrected chi connectivity index (χ3v) is 4.47. The number of rotatable bonds is 4. The van der Waals surface area contributed by atoms with Crippen LogP contribution < -0.4 is 10.5 Å². The van der Waals surface area contributed by atoms with Gasteiger partial charge in [-0.25, -0.2) is 0 Å². The molecule has 3 nitrogen and oxygen atoms in total. The predicted molar refractivity (Wildman–Crippen MR) is 89.8 cm³/mol. The highest BCUT2D eigenvalue weighted by molar-refractivity contribution is 9.10. The molecule has 0 aromatic heterocycles. The Balaban J connectivity index is 2.27. The third kappa shape index (κ3) is 3.99. The van der Waals surface area contributed by atoms with Crippen LogP contribution in [0.2, 0.25) is 0 Å². The molecule has 2 unspecified atom stereocenters. The van der Waals surface area contributed by atoms with Crippen molar-refractivity contribution in [1.82, 2.24) is 0 Å². The van der Waals surface area contributed by atoms with Gasteiger partial charge in [-0.15, -0.1) is 0 Å². The van der Waals surface area contributed by atoms with Crippen molar-refractivity contribution in [3.63, 3.8) is 0 Å². The largest absolute Gasteiger partial charge is 0.486 e. The van der Waals surface area contributed by atoms with Gasteiger partial charge in [0.1, 0.15) is 17.5 Å². The second kappa shape index (κ2) is 5.90. The Morgan fingerprint density at radius 1 is 1.38 bits per heavy atom. The summed E-state index contributed by atoms with van der Waals surface area (Å²) in [7, 11) is 0. The van der Waals surface area contributed by atoms with Crippen LogP contribution in [0.1, 0.15) is 46.6 Å². The van der Waals surface area contributed by atoms with Gasteiger partial charge >= 0.3 is 0 Å². The maximum absolute atomic E-state index is 6.36. The summed E-state index contributed by atoms with van der Waals surface area (Å²) < 4.78 is 13.5. The molecule has 1 aliphatic rings. The molecule has 2 rings (SSSR count). The van der Waals surface area contributed by atoms with E-state index in [0.717, 1.165) is 28.6 Å². The molecule has 0 saturated carbocycles. The molecule has 1 saturated heterocycles. The summed E-state index contributed by atoms with van der Waals surface area (Å²) >= 11 is 3.60. The Hall–Kier alpha value is -0.580. The Morgan fingerprint density at radius 3 is 2.57 bits per heavy atom. The van der Waals surface area contributed by atoms with E-state index in [1.165, 1.54) is 0 Å². The van der Waals surface area contributed by atoms with Gasteiger partial charge in [0.2, 0.25) is 0 Å². The fraction of sp³-hybridized carbons (Fsp3) is 0.647. The van der Waals surface area contributed by atoms with Crippen molar-refractivity contribution < 1.29 is 9.47 Å².